The van der Waals surface area contributed by atoms with Crippen LogP contribution in [-0.2, 0) is 17.9 Å². The lowest BCUT2D eigenvalue weighted by Gasteiger charge is -2.27. The van der Waals surface area contributed by atoms with Gasteiger partial charge in [0.25, 0.3) is 0 Å². The van der Waals surface area contributed by atoms with E-state index >= 15 is 0 Å². The van der Waals surface area contributed by atoms with Gasteiger partial charge in [0.05, 0.1) is 6.54 Å². The number of urea groups is 1. The third-order valence-corrected chi connectivity index (χ3v) is 4.37. The van der Waals surface area contributed by atoms with E-state index < -0.39 is 0 Å². The highest BCUT2D eigenvalue weighted by Gasteiger charge is 2.19. The van der Waals surface area contributed by atoms with Crippen molar-refractivity contribution >= 4 is 11.7 Å². The quantitative estimate of drug-likeness (QED) is 0.810. The van der Waals surface area contributed by atoms with E-state index in [2.05, 4.69) is 29.7 Å². The molecule has 25 heavy (non-hydrogen) atoms. The molecule has 0 bridgehead atoms. The molecule has 2 N–H and O–H groups in total. The van der Waals surface area contributed by atoms with Crippen LogP contribution in [0.3, 0.4) is 0 Å². The molecule has 1 saturated heterocycles. The maximum atomic E-state index is 11.9. The Bertz CT molecular complexity index is 696. The topological polar surface area (TPSA) is 66.7 Å². The number of benzene rings is 1. The van der Waals surface area contributed by atoms with Gasteiger partial charge in [-0.3, -0.25) is 4.90 Å². The molecular weight excluding hydrogens is 318 g/mol. The summed E-state index contributed by atoms with van der Waals surface area (Å²) in [6.45, 7) is 4.78. The second kappa shape index (κ2) is 8.18. The fourth-order valence-corrected chi connectivity index (χ4v) is 2.93. The van der Waals surface area contributed by atoms with Gasteiger partial charge in [-0.05, 0) is 43.2 Å². The Morgan fingerprint density at radius 1 is 1.24 bits per heavy atom. The SMILES string of the molecule is COCc1ccc(CN[C@@H](C)c2ccc(N3CCCNC3=O)cc2)o1. The molecule has 2 aromatic rings. The number of furan rings is 1. The van der Waals surface area contributed by atoms with Gasteiger partial charge in [-0.1, -0.05) is 12.1 Å². The standard InChI is InChI=1S/C19H25N3O3/c1-14(21-12-17-8-9-18(25-17)13-24-2)15-4-6-16(7-5-15)22-11-3-10-20-19(22)23/h4-9,14,21H,3,10-13H2,1-2H3,(H,20,23)/t14-/m0/s1. The molecule has 6 heteroatoms. The molecule has 1 aliphatic rings. The van der Waals surface area contributed by atoms with E-state index in [9.17, 15) is 4.79 Å². The van der Waals surface area contributed by atoms with E-state index in [1.165, 1.54) is 5.56 Å². The highest BCUT2D eigenvalue weighted by atomic mass is 16.5. The number of methoxy groups -OCH3 is 1. The van der Waals surface area contributed by atoms with E-state index in [1.807, 2.05) is 24.3 Å². The lowest BCUT2D eigenvalue weighted by Crippen LogP contribution is -2.46. The van der Waals surface area contributed by atoms with Crippen molar-refractivity contribution in [3.05, 3.63) is 53.5 Å². The van der Waals surface area contributed by atoms with Gasteiger partial charge in [-0.25, -0.2) is 4.79 Å². The van der Waals surface area contributed by atoms with Crippen LogP contribution in [0.2, 0.25) is 0 Å². The highest BCUT2D eigenvalue weighted by Crippen LogP contribution is 2.21. The number of amides is 2. The van der Waals surface area contributed by atoms with Crippen LogP contribution in [0.1, 0.15) is 36.5 Å². The van der Waals surface area contributed by atoms with Crippen molar-refractivity contribution in [1.29, 1.82) is 0 Å². The first kappa shape index (κ1) is 17.5. The van der Waals surface area contributed by atoms with Gasteiger partial charge in [0.2, 0.25) is 0 Å². The molecule has 1 fully saturated rings. The number of carbonyl (C=O) groups excluding carboxylic acids is 1. The average molecular weight is 343 g/mol. The minimum atomic E-state index is -0.0187. The Morgan fingerprint density at radius 2 is 2.00 bits per heavy atom. The number of nitrogens with one attached hydrogen (secondary N) is 2. The summed E-state index contributed by atoms with van der Waals surface area (Å²) < 4.78 is 10.7. The number of nitrogens with zero attached hydrogens (tertiary/aromatic N) is 1. The van der Waals surface area contributed by atoms with Crippen molar-refractivity contribution in [2.45, 2.75) is 32.5 Å². The van der Waals surface area contributed by atoms with Crippen molar-refractivity contribution in [2.24, 2.45) is 0 Å². The van der Waals surface area contributed by atoms with Crippen LogP contribution in [0, 0.1) is 0 Å². The largest absolute Gasteiger partial charge is 0.462 e. The van der Waals surface area contributed by atoms with Crippen LogP contribution >= 0.6 is 0 Å². The Balaban J connectivity index is 1.56. The molecule has 0 spiro atoms. The molecule has 2 amide bonds. The summed E-state index contributed by atoms with van der Waals surface area (Å²) in [6, 6.07) is 12.2. The van der Waals surface area contributed by atoms with Crippen LogP contribution in [-0.4, -0.2) is 26.2 Å². The van der Waals surface area contributed by atoms with Gasteiger partial charge < -0.3 is 19.8 Å². The smallest absolute Gasteiger partial charge is 0.321 e. The molecule has 0 radical (unpaired) electrons. The van der Waals surface area contributed by atoms with Crippen molar-refractivity contribution in [2.75, 3.05) is 25.1 Å². The number of anilines is 1. The maximum Gasteiger partial charge on any atom is 0.321 e. The molecule has 1 atom stereocenters. The van der Waals surface area contributed by atoms with Crippen LogP contribution < -0.4 is 15.5 Å². The Labute approximate surface area is 148 Å². The first-order valence-corrected chi connectivity index (χ1v) is 8.62. The average Bonchev–Trinajstić information content (AvgIpc) is 3.08. The minimum Gasteiger partial charge on any atom is -0.462 e. The van der Waals surface area contributed by atoms with Crippen molar-refractivity contribution in [3.63, 3.8) is 0 Å². The zero-order valence-electron chi connectivity index (χ0n) is 14.7. The minimum absolute atomic E-state index is 0.0187. The number of hydrogen-bond donors (Lipinski definition) is 2. The Hall–Kier alpha value is -2.31. The molecule has 1 aromatic heterocycles. The van der Waals surface area contributed by atoms with Crippen molar-refractivity contribution < 1.29 is 13.9 Å². The van der Waals surface area contributed by atoms with E-state index in [0.717, 1.165) is 36.7 Å². The van der Waals surface area contributed by atoms with E-state index in [4.69, 9.17) is 9.15 Å². The highest BCUT2D eigenvalue weighted by molar-refractivity contribution is 5.92. The second-order valence-electron chi connectivity index (χ2n) is 6.23. The summed E-state index contributed by atoms with van der Waals surface area (Å²) in [5.74, 6) is 1.72. The summed E-state index contributed by atoms with van der Waals surface area (Å²) in [5, 5.41) is 6.32. The van der Waals surface area contributed by atoms with Gasteiger partial charge in [-0.2, -0.15) is 0 Å². The Kier molecular flexibility index (Phi) is 5.73. The summed E-state index contributed by atoms with van der Waals surface area (Å²) in [5.41, 5.74) is 2.10. The van der Waals surface area contributed by atoms with E-state index in [1.54, 1.807) is 12.0 Å². The van der Waals surface area contributed by atoms with Gasteiger partial charge >= 0.3 is 6.03 Å². The zero-order valence-corrected chi connectivity index (χ0v) is 14.7. The van der Waals surface area contributed by atoms with Crippen molar-refractivity contribution in [1.82, 2.24) is 10.6 Å². The fraction of sp³-hybridized carbons (Fsp3) is 0.421. The van der Waals surface area contributed by atoms with Gasteiger partial charge in [0, 0.05) is 31.9 Å². The first-order chi connectivity index (χ1) is 12.2. The van der Waals surface area contributed by atoms with Crippen molar-refractivity contribution in [3.8, 4) is 0 Å². The molecule has 0 unspecified atom stereocenters. The van der Waals surface area contributed by atoms with Gasteiger partial charge in [0.1, 0.15) is 18.1 Å². The molecule has 1 aromatic carbocycles. The molecule has 6 nitrogen and oxygen atoms in total. The summed E-state index contributed by atoms with van der Waals surface area (Å²) in [7, 11) is 1.65. The normalized spacial score (nSPS) is 15.9. The molecule has 1 aliphatic heterocycles. The van der Waals surface area contributed by atoms with E-state index in [0.29, 0.717) is 13.2 Å². The number of carbonyl (C=O) groups is 1. The lowest BCUT2D eigenvalue weighted by atomic mass is 10.1. The zero-order chi connectivity index (χ0) is 17.6. The van der Waals surface area contributed by atoms with Crippen LogP contribution in [0.25, 0.3) is 0 Å². The second-order valence-corrected chi connectivity index (χ2v) is 6.23. The van der Waals surface area contributed by atoms with E-state index in [-0.39, 0.29) is 12.1 Å². The predicted octanol–water partition coefficient (Wildman–Crippen LogP) is 3.20. The van der Waals surface area contributed by atoms with Gasteiger partial charge in [0.15, 0.2) is 0 Å². The van der Waals surface area contributed by atoms with Crippen LogP contribution in [0.15, 0.2) is 40.8 Å². The Morgan fingerprint density at radius 3 is 2.72 bits per heavy atom. The number of hydrogen-bond acceptors (Lipinski definition) is 4. The van der Waals surface area contributed by atoms with Crippen LogP contribution in [0.5, 0.6) is 0 Å². The third-order valence-electron chi connectivity index (χ3n) is 4.37. The molecular formula is C19H25N3O3. The number of ether oxygens (including phenoxy) is 1. The summed E-state index contributed by atoms with van der Waals surface area (Å²) in [4.78, 5) is 13.7. The molecule has 2 heterocycles. The fourth-order valence-electron chi connectivity index (χ4n) is 2.93. The molecule has 3 rings (SSSR count). The third kappa shape index (κ3) is 4.41. The first-order valence-electron chi connectivity index (χ1n) is 8.62. The van der Waals surface area contributed by atoms with Crippen LogP contribution in [0.4, 0.5) is 10.5 Å². The molecule has 0 saturated carbocycles. The monoisotopic (exact) mass is 343 g/mol. The molecule has 134 valence electrons. The van der Waals surface area contributed by atoms with Gasteiger partial charge in [-0.15, -0.1) is 0 Å². The lowest BCUT2D eigenvalue weighted by molar-refractivity contribution is 0.162. The summed E-state index contributed by atoms with van der Waals surface area (Å²) >= 11 is 0. The molecule has 0 aliphatic carbocycles. The number of rotatable bonds is 7. The maximum absolute atomic E-state index is 11.9. The summed E-state index contributed by atoms with van der Waals surface area (Å²) in [6.07, 6.45) is 0.972. The predicted molar refractivity (Wildman–Crippen MR) is 96.5 cm³/mol.